The van der Waals surface area contributed by atoms with Gasteiger partial charge in [0.05, 0.1) is 0 Å². The van der Waals surface area contributed by atoms with Crippen molar-refractivity contribution < 1.29 is 4.79 Å². The van der Waals surface area contributed by atoms with Crippen molar-refractivity contribution in [3.05, 3.63) is 71.1 Å². The molecule has 0 radical (unpaired) electrons. The molecule has 0 spiro atoms. The first-order valence-corrected chi connectivity index (χ1v) is 11.3. The van der Waals surface area contributed by atoms with Crippen LogP contribution in [0.5, 0.6) is 0 Å². The van der Waals surface area contributed by atoms with Crippen molar-refractivity contribution in [2.45, 2.75) is 19.4 Å². The Kier molecular flexibility index (Phi) is 8.58. The van der Waals surface area contributed by atoms with Crippen molar-refractivity contribution in [3.63, 3.8) is 0 Å². The van der Waals surface area contributed by atoms with E-state index in [2.05, 4.69) is 22.4 Å². The minimum absolute atomic E-state index is 0.119. The average Bonchev–Trinajstić information content (AvgIpc) is 2.76. The molecule has 2 fully saturated rings. The van der Waals surface area contributed by atoms with Crippen LogP contribution < -0.4 is 11.5 Å². The summed E-state index contributed by atoms with van der Waals surface area (Å²) < 4.78 is 0. The largest absolute Gasteiger partial charge is 0.405 e. The zero-order valence-electron chi connectivity index (χ0n) is 18.2. The van der Waals surface area contributed by atoms with E-state index in [0.717, 1.165) is 81.4 Å². The molecule has 2 aliphatic heterocycles. The molecular formula is C24H34ClN5O. The van der Waals surface area contributed by atoms with Gasteiger partial charge < -0.3 is 16.4 Å². The number of benzene rings is 1. The summed E-state index contributed by atoms with van der Waals surface area (Å²) in [6.45, 7) is 10.5. The Labute approximate surface area is 190 Å². The smallest absolute Gasteiger partial charge is 0.225 e. The Morgan fingerprint density at radius 1 is 1.10 bits per heavy atom. The van der Waals surface area contributed by atoms with Gasteiger partial charge in [-0.25, -0.2) is 0 Å². The second-order valence-corrected chi connectivity index (χ2v) is 8.80. The van der Waals surface area contributed by atoms with E-state index in [9.17, 15) is 4.79 Å². The lowest BCUT2D eigenvalue weighted by Gasteiger charge is -2.38. The summed E-state index contributed by atoms with van der Waals surface area (Å²) in [5.74, 6) is 0.429. The summed E-state index contributed by atoms with van der Waals surface area (Å²) in [4.78, 5) is 19.8. The van der Waals surface area contributed by atoms with Crippen LogP contribution in [-0.2, 0) is 11.3 Å². The predicted octanol–water partition coefficient (Wildman–Crippen LogP) is 2.57. The summed E-state index contributed by atoms with van der Waals surface area (Å²) in [7, 11) is 0. The predicted molar refractivity (Wildman–Crippen MR) is 127 cm³/mol. The standard InChI is InChI=1S/C24H34ClN5O/c1-19(27)16-20(6-9-26)17-28-10-7-21(8-11-28)24(31)30-14-12-29(13-15-30)18-22-4-2-3-5-23(22)25/h2-6,9,16,21H,1,7-8,10-15,17-18,26-27H2/b9-6-,20-16+. The van der Waals surface area contributed by atoms with E-state index in [-0.39, 0.29) is 5.92 Å². The maximum atomic E-state index is 13.0. The Morgan fingerprint density at radius 3 is 2.39 bits per heavy atom. The fourth-order valence-corrected chi connectivity index (χ4v) is 4.55. The van der Waals surface area contributed by atoms with Gasteiger partial charge in [-0.3, -0.25) is 14.6 Å². The van der Waals surface area contributed by atoms with Crippen LogP contribution in [0.1, 0.15) is 18.4 Å². The molecule has 1 aromatic rings. The normalized spacial score (nSPS) is 19.8. The summed E-state index contributed by atoms with van der Waals surface area (Å²) in [6, 6.07) is 7.97. The first-order chi connectivity index (χ1) is 15.0. The van der Waals surface area contributed by atoms with Gasteiger partial charge in [0.15, 0.2) is 0 Å². The first-order valence-electron chi connectivity index (χ1n) is 11.0. The Morgan fingerprint density at radius 2 is 1.77 bits per heavy atom. The molecule has 1 aromatic carbocycles. The molecule has 0 aliphatic carbocycles. The first kappa shape index (κ1) is 23.4. The monoisotopic (exact) mass is 443 g/mol. The lowest BCUT2D eigenvalue weighted by atomic mass is 9.94. The van der Waals surface area contributed by atoms with Gasteiger partial charge in [0, 0.05) is 55.9 Å². The minimum atomic E-state index is 0.119. The molecular weight excluding hydrogens is 410 g/mol. The Hall–Kier alpha value is -2.28. The van der Waals surface area contributed by atoms with Gasteiger partial charge in [0.2, 0.25) is 5.91 Å². The lowest BCUT2D eigenvalue weighted by molar-refractivity contribution is -0.138. The van der Waals surface area contributed by atoms with Crippen LogP contribution in [0.2, 0.25) is 5.02 Å². The SMILES string of the molecule is C=C(N)/C=C(\C=C/N)CN1CCC(C(=O)N2CCN(Cc3ccccc3Cl)CC2)CC1. The van der Waals surface area contributed by atoms with Crippen LogP contribution in [0.4, 0.5) is 0 Å². The van der Waals surface area contributed by atoms with Gasteiger partial charge >= 0.3 is 0 Å². The van der Waals surface area contributed by atoms with Crippen molar-refractivity contribution in [1.29, 1.82) is 0 Å². The van der Waals surface area contributed by atoms with Gasteiger partial charge in [-0.05, 0) is 61.5 Å². The van der Waals surface area contributed by atoms with Crippen LogP contribution in [0.3, 0.4) is 0 Å². The van der Waals surface area contributed by atoms with Crippen LogP contribution in [0.15, 0.2) is 60.5 Å². The second-order valence-electron chi connectivity index (χ2n) is 8.40. The highest BCUT2D eigenvalue weighted by Gasteiger charge is 2.30. The van der Waals surface area contributed by atoms with Crippen LogP contribution in [0.25, 0.3) is 0 Å². The number of amides is 1. The fourth-order valence-electron chi connectivity index (χ4n) is 4.36. The van der Waals surface area contributed by atoms with Gasteiger partial charge in [-0.1, -0.05) is 36.4 Å². The van der Waals surface area contributed by atoms with Crippen molar-refractivity contribution in [2.75, 3.05) is 45.8 Å². The Bertz CT molecular complexity index is 821. The van der Waals surface area contributed by atoms with Gasteiger partial charge in [0.1, 0.15) is 0 Å². The molecule has 0 unspecified atom stereocenters. The highest BCUT2D eigenvalue weighted by Crippen LogP contribution is 2.23. The van der Waals surface area contributed by atoms with Crippen molar-refractivity contribution in [2.24, 2.45) is 17.4 Å². The van der Waals surface area contributed by atoms with E-state index >= 15 is 0 Å². The van der Waals surface area contributed by atoms with E-state index in [0.29, 0.717) is 11.6 Å². The third-order valence-corrected chi connectivity index (χ3v) is 6.43. The number of piperidine rings is 1. The number of rotatable bonds is 7. The molecule has 0 aromatic heterocycles. The molecule has 3 rings (SSSR count). The summed E-state index contributed by atoms with van der Waals surface area (Å²) in [5.41, 5.74) is 14.0. The second kappa shape index (κ2) is 11.4. The molecule has 0 bridgehead atoms. The molecule has 2 aliphatic rings. The van der Waals surface area contributed by atoms with Crippen molar-refractivity contribution in [3.8, 4) is 0 Å². The van der Waals surface area contributed by atoms with Crippen LogP contribution >= 0.6 is 11.6 Å². The quantitative estimate of drug-likeness (QED) is 0.633. The highest BCUT2D eigenvalue weighted by atomic mass is 35.5. The molecule has 7 heteroatoms. The topological polar surface area (TPSA) is 78.8 Å². The number of carbonyl (C=O) groups is 1. The molecule has 0 saturated carbocycles. The molecule has 31 heavy (non-hydrogen) atoms. The fraction of sp³-hybridized carbons (Fsp3) is 0.458. The van der Waals surface area contributed by atoms with Crippen molar-refractivity contribution >= 4 is 17.5 Å². The summed E-state index contributed by atoms with van der Waals surface area (Å²) >= 11 is 6.29. The van der Waals surface area contributed by atoms with Gasteiger partial charge in [0.25, 0.3) is 0 Å². The highest BCUT2D eigenvalue weighted by molar-refractivity contribution is 6.31. The number of nitrogens with two attached hydrogens (primary N) is 2. The third-order valence-electron chi connectivity index (χ3n) is 6.06. The van der Waals surface area contributed by atoms with Crippen LogP contribution in [-0.4, -0.2) is 66.4 Å². The maximum absolute atomic E-state index is 13.0. The zero-order valence-corrected chi connectivity index (χ0v) is 18.9. The molecule has 4 N–H and O–H groups in total. The molecule has 6 nitrogen and oxygen atoms in total. The van der Waals surface area contributed by atoms with Crippen molar-refractivity contribution in [1.82, 2.24) is 14.7 Å². The van der Waals surface area contributed by atoms with Gasteiger partial charge in [-0.2, -0.15) is 0 Å². The number of carbonyl (C=O) groups excluding carboxylic acids is 1. The number of nitrogens with zero attached hydrogens (tertiary/aromatic N) is 3. The molecule has 0 atom stereocenters. The molecule has 1 amide bonds. The van der Waals surface area contributed by atoms with Crippen LogP contribution in [0, 0.1) is 5.92 Å². The number of likely N-dealkylation sites (tertiary alicyclic amines) is 1. The lowest BCUT2D eigenvalue weighted by Crippen LogP contribution is -2.51. The average molecular weight is 444 g/mol. The molecule has 2 heterocycles. The molecule has 2 saturated heterocycles. The number of piperazine rings is 1. The molecule has 168 valence electrons. The van der Waals surface area contributed by atoms with Gasteiger partial charge in [-0.15, -0.1) is 0 Å². The Balaban J connectivity index is 1.44. The van der Waals surface area contributed by atoms with E-state index in [1.54, 1.807) is 0 Å². The number of halogens is 1. The third kappa shape index (κ3) is 6.86. The number of allylic oxidation sites excluding steroid dienone is 1. The van der Waals surface area contributed by atoms with E-state index < -0.39 is 0 Å². The number of hydrogen-bond acceptors (Lipinski definition) is 5. The van der Waals surface area contributed by atoms with E-state index in [1.165, 1.54) is 6.20 Å². The number of hydrogen-bond donors (Lipinski definition) is 2. The summed E-state index contributed by atoms with van der Waals surface area (Å²) in [6.07, 6.45) is 7.01. The van der Waals surface area contributed by atoms with E-state index in [4.69, 9.17) is 23.1 Å². The van der Waals surface area contributed by atoms with E-state index in [1.807, 2.05) is 35.3 Å². The zero-order chi connectivity index (χ0) is 22.2. The maximum Gasteiger partial charge on any atom is 0.225 e. The summed E-state index contributed by atoms with van der Waals surface area (Å²) in [5, 5.41) is 0.809. The minimum Gasteiger partial charge on any atom is -0.405 e.